The van der Waals surface area contributed by atoms with Gasteiger partial charge in [0, 0.05) is 16.1 Å². The van der Waals surface area contributed by atoms with E-state index in [4.69, 9.17) is 26.8 Å². The highest BCUT2D eigenvalue weighted by atomic mass is 35.7. The van der Waals surface area contributed by atoms with Gasteiger partial charge in [0.2, 0.25) is 9.05 Å². The zero-order valence-corrected chi connectivity index (χ0v) is 9.60. The standard InChI is InChI=1S/C8H5Cl2NO3S/c9-6-3-1-2-5-7(4-15(10,12)13)14-11-8(5)6/h1-3H,4H2. The van der Waals surface area contributed by atoms with E-state index in [0.29, 0.717) is 15.9 Å². The van der Waals surface area contributed by atoms with Gasteiger partial charge in [-0.1, -0.05) is 22.8 Å². The third-order valence-electron chi connectivity index (χ3n) is 1.84. The first-order chi connectivity index (χ1) is 6.97. The van der Waals surface area contributed by atoms with E-state index in [9.17, 15) is 8.42 Å². The number of rotatable bonds is 2. The molecule has 4 nitrogen and oxygen atoms in total. The van der Waals surface area contributed by atoms with E-state index >= 15 is 0 Å². The minimum absolute atomic E-state index is 0.197. The molecule has 0 amide bonds. The van der Waals surface area contributed by atoms with E-state index < -0.39 is 14.8 Å². The molecule has 0 atom stereocenters. The van der Waals surface area contributed by atoms with Crippen LogP contribution in [-0.2, 0) is 14.8 Å². The van der Waals surface area contributed by atoms with Crippen molar-refractivity contribution in [2.75, 3.05) is 0 Å². The Hall–Kier alpha value is -0.780. The Kier molecular flexibility index (Phi) is 2.62. The fourth-order valence-corrected chi connectivity index (χ4v) is 2.27. The number of aromatic nitrogens is 1. The molecule has 0 fully saturated rings. The lowest BCUT2D eigenvalue weighted by Gasteiger charge is -1.92. The van der Waals surface area contributed by atoms with Crippen molar-refractivity contribution in [3.05, 3.63) is 29.0 Å². The van der Waals surface area contributed by atoms with Gasteiger partial charge in [0.05, 0.1) is 5.02 Å². The van der Waals surface area contributed by atoms with Crippen LogP contribution in [-0.4, -0.2) is 13.6 Å². The van der Waals surface area contributed by atoms with Gasteiger partial charge >= 0.3 is 0 Å². The summed E-state index contributed by atoms with van der Waals surface area (Å²) < 4.78 is 26.6. The molecule has 7 heteroatoms. The van der Waals surface area contributed by atoms with Gasteiger partial charge in [0.1, 0.15) is 11.3 Å². The van der Waals surface area contributed by atoms with Crippen LogP contribution in [0.1, 0.15) is 5.76 Å². The van der Waals surface area contributed by atoms with Crippen LogP contribution in [0.15, 0.2) is 22.7 Å². The first-order valence-corrected chi connectivity index (χ1v) is 6.78. The monoisotopic (exact) mass is 265 g/mol. The van der Waals surface area contributed by atoms with Crippen molar-refractivity contribution >= 4 is 42.2 Å². The molecule has 0 aliphatic rings. The van der Waals surface area contributed by atoms with Crippen molar-refractivity contribution in [1.29, 1.82) is 0 Å². The Balaban J connectivity index is 2.60. The number of benzene rings is 1. The van der Waals surface area contributed by atoms with Crippen molar-refractivity contribution in [2.45, 2.75) is 5.75 Å². The Morgan fingerprint density at radius 2 is 2.13 bits per heavy atom. The van der Waals surface area contributed by atoms with Crippen molar-refractivity contribution in [1.82, 2.24) is 5.16 Å². The first kappa shape index (κ1) is 10.7. The molecule has 0 spiro atoms. The predicted octanol–water partition coefficient (Wildman–Crippen LogP) is 2.55. The van der Waals surface area contributed by atoms with Gasteiger partial charge in [-0.3, -0.25) is 0 Å². The molecular formula is C8H5Cl2NO3S. The van der Waals surface area contributed by atoms with Crippen LogP contribution in [0.5, 0.6) is 0 Å². The van der Waals surface area contributed by atoms with Gasteiger partial charge in [0.15, 0.2) is 5.76 Å². The number of fused-ring (bicyclic) bond motifs is 1. The lowest BCUT2D eigenvalue weighted by Crippen LogP contribution is -1.93. The molecule has 0 saturated carbocycles. The number of nitrogens with zero attached hydrogens (tertiary/aromatic N) is 1. The normalized spacial score (nSPS) is 12.1. The molecule has 0 aliphatic heterocycles. The van der Waals surface area contributed by atoms with E-state index in [0.717, 1.165) is 0 Å². The fraction of sp³-hybridized carbons (Fsp3) is 0.125. The molecule has 0 saturated heterocycles. The maximum atomic E-state index is 10.9. The summed E-state index contributed by atoms with van der Waals surface area (Å²) in [6, 6.07) is 5.01. The molecule has 1 aromatic heterocycles. The predicted molar refractivity (Wildman–Crippen MR) is 57.5 cm³/mol. The smallest absolute Gasteiger partial charge is 0.240 e. The maximum absolute atomic E-state index is 10.9. The summed E-state index contributed by atoms with van der Waals surface area (Å²) in [5.74, 6) is -0.201. The summed E-state index contributed by atoms with van der Waals surface area (Å²) in [5.41, 5.74) is 0.439. The van der Waals surface area contributed by atoms with Crippen molar-refractivity contribution in [3.8, 4) is 0 Å². The minimum Gasteiger partial charge on any atom is -0.359 e. The molecule has 80 valence electrons. The van der Waals surface area contributed by atoms with Gasteiger partial charge in [-0.2, -0.15) is 0 Å². The van der Waals surface area contributed by atoms with E-state index in [-0.39, 0.29) is 5.76 Å². The quantitative estimate of drug-likeness (QED) is 0.784. The van der Waals surface area contributed by atoms with Crippen LogP contribution in [0.4, 0.5) is 0 Å². The summed E-state index contributed by atoms with van der Waals surface area (Å²) in [6.07, 6.45) is 0. The van der Waals surface area contributed by atoms with Crippen LogP contribution in [0, 0.1) is 0 Å². The molecule has 0 bridgehead atoms. The lowest BCUT2D eigenvalue weighted by atomic mass is 10.2. The number of hydrogen-bond donors (Lipinski definition) is 0. The number of hydrogen-bond acceptors (Lipinski definition) is 4. The molecule has 1 heterocycles. The molecule has 2 rings (SSSR count). The molecule has 1 aromatic carbocycles. The lowest BCUT2D eigenvalue weighted by molar-refractivity contribution is 0.401. The topological polar surface area (TPSA) is 60.2 Å². The summed E-state index contributed by atoms with van der Waals surface area (Å²) in [4.78, 5) is 0. The fourth-order valence-electron chi connectivity index (χ4n) is 1.24. The average Bonchev–Trinajstić information content (AvgIpc) is 2.48. The van der Waals surface area contributed by atoms with E-state index in [1.807, 2.05) is 0 Å². The highest BCUT2D eigenvalue weighted by Gasteiger charge is 2.16. The van der Waals surface area contributed by atoms with Crippen LogP contribution < -0.4 is 0 Å². The second kappa shape index (κ2) is 3.66. The van der Waals surface area contributed by atoms with E-state index in [1.54, 1.807) is 18.2 Å². The molecule has 15 heavy (non-hydrogen) atoms. The Morgan fingerprint density at radius 1 is 1.40 bits per heavy atom. The molecule has 0 radical (unpaired) electrons. The SMILES string of the molecule is O=S(=O)(Cl)Cc1onc2c(Cl)cccc12. The molecule has 0 unspecified atom stereocenters. The van der Waals surface area contributed by atoms with Crippen LogP contribution >= 0.6 is 22.3 Å². The largest absolute Gasteiger partial charge is 0.359 e. The van der Waals surface area contributed by atoms with Crippen molar-refractivity contribution in [2.24, 2.45) is 0 Å². The second-order valence-corrected chi connectivity index (χ2v) is 6.11. The highest BCUT2D eigenvalue weighted by molar-refractivity contribution is 8.13. The van der Waals surface area contributed by atoms with Crippen LogP contribution in [0.3, 0.4) is 0 Å². The van der Waals surface area contributed by atoms with Gasteiger partial charge in [0.25, 0.3) is 0 Å². The third-order valence-corrected chi connectivity index (χ3v) is 3.08. The molecule has 2 aromatic rings. The maximum Gasteiger partial charge on any atom is 0.240 e. The summed E-state index contributed by atoms with van der Waals surface area (Å²) in [7, 11) is 1.46. The first-order valence-electron chi connectivity index (χ1n) is 3.92. The zero-order valence-electron chi connectivity index (χ0n) is 7.28. The summed E-state index contributed by atoms with van der Waals surface area (Å²) in [5, 5.41) is 4.65. The molecular weight excluding hydrogens is 261 g/mol. The average molecular weight is 266 g/mol. The molecule has 0 aliphatic carbocycles. The Morgan fingerprint density at radius 3 is 2.80 bits per heavy atom. The third kappa shape index (κ3) is 2.25. The van der Waals surface area contributed by atoms with Crippen molar-refractivity contribution in [3.63, 3.8) is 0 Å². The minimum atomic E-state index is -3.66. The van der Waals surface area contributed by atoms with E-state index in [1.165, 1.54) is 0 Å². The second-order valence-electron chi connectivity index (χ2n) is 2.92. The Labute approximate surface area is 95.2 Å². The summed E-state index contributed by atoms with van der Waals surface area (Å²) in [6.45, 7) is 0. The number of halogens is 2. The van der Waals surface area contributed by atoms with Gasteiger partial charge in [-0.15, -0.1) is 0 Å². The van der Waals surface area contributed by atoms with Gasteiger partial charge in [-0.05, 0) is 12.1 Å². The van der Waals surface area contributed by atoms with Gasteiger partial charge < -0.3 is 4.52 Å². The summed E-state index contributed by atoms with van der Waals surface area (Å²) >= 11 is 5.84. The Bertz CT molecular complexity index is 605. The highest BCUT2D eigenvalue weighted by Crippen LogP contribution is 2.26. The zero-order chi connectivity index (χ0) is 11.1. The van der Waals surface area contributed by atoms with Crippen molar-refractivity contribution < 1.29 is 12.9 Å². The van der Waals surface area contributed by atoms with Crippen LogP contribution in [0.25, 0.3) is 10.9 Å². The molecule has 0 N–H and O–H groups in total. The van der Waals surface area contributed by atoms with Crippen LogP contribution in [0.2, 0.25) is 5.02 Å². The van der Waals surface area contributed by atoms with Gasteiger partial charge in [-0.25, -0.2) is 8.42 Å². The van der Waals surface area contributed by atoms with E-state index in [2.05, 4.69) is 5.16 Å².